The van der Waals surface area contributed by atoms with Crippen molar-refractivity contribution in [2.45, 2.75) is 12.6 Å². The van der Waals surface area contributed by atoms with Crippen molar-refractivity contribution in [2.24, 2.45) is 0 Å². The van der Waals surface area contributed by atoms with E-state index < -0.39 is 23.5 Å². The summed E-state index contributed by atoms with van der Waals surface area (Å²) in [5, 5.41) is 2.62. The highest BCUT2D eigenvalue weighted by atomic mass is 35.5. The molecule has 1 aliphatic rings. The molecule has 3 rings (SSSR count). The highest BCUT2D eigenvalue weighted by Gasteiger charge is 2.31. The molecule has 0 fully saturated rings. The zero-order valence-corrected chi connectivity index (χ0v) is 13.5. The summed E-state index contributed by atoms with van der Waals surface area (Å²) in [7, 11) is 0. The second-order valence-corrected chi connectivity index (χ2v) is 5.94. The highest BCUT2D eigenvalue weighted by molar-refractivity contribution is 6.35. The molecule has 0 atom stereocenters. The van der Waals surface area contributed by atoms with Crippen LogP contribution in [0.4, 0.5) is 23.2 Å². The van der Waals surface area contributed by atoms with Crippen molar-refractivity contribution < 1.29 is 22.4 Å². The smallest absolute Gasteiger partial charge is 0.321 e. The molecule has 0 saturated heterocycles. The summed E-state index contributed by atoms with van der Waals surface area (Å²) in [5.41, 5.74) is 0.766. The van der Waals surface area contributed by atoms with E-state index in [4.69, 9.17) is 11.6 Å². The van der Waals surface area contributed by atoms with Crippen LogP contribution in [0.2, 0.25) is 0 Å². The topological polar surface area (TPSA) is 29.1 Å². The maximum absolute atomic E-state index is 14.0. The van der Waals surface area contributed by atoms with Crippen LogP contribution in [0.1, 0.15) is 22.3 Å². The minimum Gasteiger partial charge on any atom is -0.321 e. The van der Waals surface area contributed by atoms with E-state index in [9.17, 15) is 22.4 Å². The van der Waals surface area contributed by atoms with Gasteiger partial charge in [0, 0.05) is 28.3 Å². The van der Waals surface area contributed by atoms with Crippen molar-refractivity contribution in [1.29, 1.82) is 0 Å². The van der Waals surface area contributed by atoms with Gasteiger partial charge in [0.1, 0.15) is 5.82 Å². The number of amides is 1. The van der Waals surface area contributed by atoms with Crippen molar-refractivity contribution in [3.8, 4) is 0 Å². The van der Waals surface area contributed by atoms with Gasteiger partial charge in [0.15, 0.2) is 0 Å². The molecule has 1 heterocycles. The van der Waals surface area contributed by atoms with Gasteiger partial charge in [0.2, 0.25) is 0 Å². The number of aryl methyl sites for hydroxylation is 1. The van der Waals surface area contributed by atoms with E-state index in [0.29, 0.717) is 35.7 Å². The van der Waals surface area contributed by atoms with E-state index >= 15 is 0 Å². The van der Waals surface area contributed by atoms with E-state index in [2.05, 4.69) is 5.32 Å². The third-order valence-corrected chi connectivity index (χ3v) is 4.06. The number of hydrogen-bond donors (Lipinski definition) is 1. The number of carbonyl (C=O) groups is 1. The van der Waals surface area contributed by atoms with E-state index in [0.717, 1.165) is 17.7 Å². The van der Waals surface area contributed by atoms with Crippen LogP contribution in [0.3, 0.4) is 0 Å². The maximum atomic E-state index is 14.0. The molecule has 1 N–H and O–H groups in total. The van der Waals surface area contributed by atoms with Gasteiger partial charge in [-0.25, -0.2) is 4.39 Å². The third kappa shape index (κ3) is 3.54. The summed E-state index contributed by atoms with van der Waals surface area (Å²) in [4.78, 5) is 12.1. The van der Waals surface area contributed by atoms with Gasteiger partial charge in [-0.05, 0) is 48.4 Å². The Bertz CT molecular complexity index is 874. The summed E-state index contributed by atoms with van der Waals surface area (Å²) in [5.74, 6) is -0.935. The van der Waals surface area contributed by atoms with Crippen molar-refractivity contribution in [1.82, 2.24) is 0 Å². The number of hydrogen-bond acceptors (Lipinski definition) is 1. The monoisotopic (exact) mass is 369 g/mol. The number of carbonyl (C=O) groups excluding carboxylic acids is 1. The lowest BCUT2D eigenvalue weighted by atomic mass is 10.00. The summed E-state index contributed by atoms with van der Waals surface area (Å²) >= 11 is 5.71. The molecule has 0 bridgehead atoms. The Kier molecular flexibility index (Phi) is 4.56. The molecule has 25 heavy (non-hydrogen) atoms. The van der Waals surface area contributed by atoms with E-state index in [1.165, 1.54) is 0 Å². The number of halogens is 5. The second kappa shape index (κ2) is 6.52. The molecule has 0 spiro atoms. The molecule has 0 unspecified atom stereocenters. The van der Waals surface area contributed by atoms with E-state index in [1.807, 2.05) is 0 Å². The molecule has 0 radical (unpaired) electrons. The summed E-state index contributed by atoms with van der Waals surface area (Å²) in [6.45, 7) is 0. The number of nitrogens with one attached hydrogen (secondary N) is 1. The third-order valence-electron chi connectivity index (χ3n) is 3.87. The first-order valence-corrected chi connectivity index (χ1v) is 7.92. The molecule has 1 aliphatic heterocycles. The molecule has 7 heteroatoms. The Hall–Kier alpha value is -2.34. The zero-order chi connectivity index (χ0) is 18.2. The van der Waals surface area contributed by atoms with Crippen LogP contribution in [-0.2, 0) is 17.4 Å². The Labute approximate surface area is 146 Å². The average molecular weight is 370 g/mol. The van der Waals surface area contributed by atoms with Crippen molar-refractivity contribution >= 4 is 34.8 Å². The summed E-state index contributed by atoms with van der Waals surface area (Å²) in [6.07, 6.45) is -2.88. The lowest BCUT2D eigenvalue weighted by molar-refractivity contribution is -0.137. The number of benzene rings is 2. The number of alkyl halides is 4. The van der Waals surface area contributed by atoms with Crippen molar-refractivity contribution in [3.63, 3.8) is 0 Å². The summed E-state index contributed by atoms with van der Waals surface area (Å²) in [6, 6.07) is 7.32. The molecule has 1 amide bonds. The van der Waals surface area contributed by atoms with Crippen molar-refractivity contribution in [2.75, 3.05) is 11.2 Å². The van der Waals surface area contributed by atoms with Crippen LogP contribution < -0.4 is 5.32 Å². The molecular weight excluding hydrogens is 358 g/mol. The number of anilines is 1. The van der Waals surface area contributed by atoms with Crippen LogP contribution in [0.5, 0.6) is 0 Å². The minimum absolute atomic E-state index is 0.115. The fourth-order valence-corrected chi connectivity index (χ4v) is 2.85. The molecule has 2 aromatic carbocycles. The Morgan fingerprint density at radius 2 is 1.88 bits per heavy atom. The van der Waals surface area contributed by atoms with Crippen LogP contribution in [-0.4, -0.2) is 11.8 Å². The van der Waals surface area contributed by atoms with Crippen LogP contribution in [0.25, 0.3) is 11.6 Å². The van der Waals surface area contributed by atoms with Gasteiger partial charge >= 0.3 is 6.18 Å². The fourth-order valence-electron chi connectivity index (χ4n) is 2.63. The van der Waals surface area contributed by atoms with Gasteiger partial charge in [-0.1, -0.05) is 6.07 Å². The first kappa shape index (κ1) is 17.5. The molecule has 0 aromatic heterocycles. The summed E-state index contributed by atoms with van der Waals surface area (Å²) < 4.78 is 52.4. The SMILES string of the molecule is O=C1Nc2ccc(CCCl)cc2C1=Cc1cc(C(F)(F)F)ccc1F. The molecule has 0 saturated carbocycles. The predicted octanol–water partition coefficient (Wildman–Crippen LogP) is 5.12. The normalized spacial score (nSPS) is 15.4. The van der Waals surface area contributed by atoms with Gasteiger partial charge in [0.05, 0.1) is 5.56 Å². The van der Waals surface area contributed by atoms with Gasteiger partial charge in [-0.15, -0.1) is 11.6 Å². The zero-order valence-electron chi connectivity index (χ0n) is 12.8. The first-order valence-electron chi connectivity index (χ1n) is 7.38. The van der Waals surface area contributed by atoms with Crippen LogP contribution in [0.15, 0.2) is 36.4 Å². The van der Waals surface area contributed by atoms with E-state index in [1.54, 1.807) is 18.2 Å². The Balaban J connectivity index is 2.09. The maximum Gasteiger partial charge on any atom is 0.416 e. The van der Waals surface area contributed by atoms with Crippen LogP contribution in [0, 0.1) is 5.82 Å². The molecule has 0 aliphatic carbocycles. The van der Waals surface area contributed by atoms with Gasteiger partial charge in [-0.2, -0.15) is 13.2 Å². The second-order valence-electron chi connectivity index (χ2n) is 5.57. The Morgan fingerprint density at radius 3 is 2.56 bits per heavy atom. The van der Waals surface area contributed by atoms with Crippen molar-refractivity contribution in [3.05, 3.63) is 64.5 Å². The van der Waals surface area contributed by atoms with Gasteiger partial charge < -0.3 is 5.32 Å². The van der Waals surface area contributed by atoms with Gasteiger partial charge in [-0.3, -0.25) is 4.79 Å². The Morgan fingerprint density at radius 1 is 1.12 bits per heavy atom. The standard InChI is InChI=1S/C18H12ClF4NO/c19-6-5-10-1-4-16-13(7-10)14(17(25)24-16)9-11-8-12(18(21,22)23)2-3-15(11)20/h1-4,7-9H,5-6H2,(H,24,25). The molecule has 2 nitrogen and oxygen atoms in total. The minimum atomic E-state index is -4.59. The average Bonchev–Trinajstić information content (AvgIpc) is 2.84. The number of fused-ring (bicyclic) bond motifs is 1. The fraction of sp³-hybridized carbons (Fsp3) is 0.167. The largest absolute Gasteiger partial charge is 0.416 e. The first-order chi connectivity index (χ1) is 11.8. The lowest BCUT2D eigenvalue weighted by Crippen LogP contribution is -2.06. The molecule has 2 aromatic rings. The quantitative estimate of drug-likeness (QED) is 0.454. The predicted molar refractivity (Wildman–Crippen MR) is 88.8 cm³/mol. The van der Waals surface area contributed by atoms with Gasteiger partial charge in [0.25, 0.3) is 5.91 Å². The van der Waals surface area contributed by atoms with E-state index in [-0.39, 0.29) is 11.1 Å². The number of rotatable bonds is 3. The lowest BCUT2D eigenvalue weighted by Gasteiger charge is -2.08. The van der Waals surface area contributed by atoms with Crippen LogP contribution >= 0.6 is 11.6 Å². The highest BCUT2D eigenvalue weighted by Crippen LogP contribution is 2.36. The molecular formula is C18H12ClF4NO. The molecule has 130 valence electrons.